The second-order valence-corrected chi connectivity index (χ2v) is 11.5. The van der Waals surface area contributed by atoms with E-state index in [1.165, 1.54) is 25.5 Å². The van der Waals surface area contributed by atoms with E-state index in [0.717, 1.165) is 41.6 Å². The maximum atomic E-state index is 13.1. The van der Waals surface area contributed by atoms with E-state index in [-0.39, 0.29) is 44.2 Å². The lowest BCUT2D eigenvalue weighted by atomic mass is 9.97. The molecule has 1 aromatic carbocycles. The third-order valence-corrected chi connectivity index (χ3v) is 9.20. The predicted octanol–water partition coefficient (Wildman–Crippen LogP) is 2.48. The first kappa shape index (κ1) is 22.9. The van der Waals surface area contributed by atoms with Gasteiger partial charge in [-0.1, -0.05) is 30.3 Å². The van der Waals surface area contributed by atoms with Gasteiger partial charge in [0.1, 0.15) is 11.4 Å². The largest absolute Gasteiger partial charge is 0.338 e. The molecular weight excluding hydrogens is 472 g/mol. The van der Waals surface area contributed by atoms with E-state index in [4.69, 9.17) is 0 Å². The Labute approximate surface area is 202 Å². The highest BCUT2D eigenvalue weighted by Crippen LogP contribution is 2.33. The molecular formula is C24H26N4O4S2. The molecule has 3 heterocycles. The van der Waals surface area contributed by atoms with Crippen molar-refractivity contribution in [3.63, 3.8) is 0 Å². The minimum absolute atomic E-state index is 0.0902. The molecule has 5 rings (SSSR count). The van der Waals surface area contributed by atoms with Crippen molar-refractivity contribution in [2.24, 2.45) is 0 Å². The number of aromatic nitrogens is 2. The number of carbonyl (C=O) groups excluding carboxylic acids is 1. The van der Waals surface area contributed by atoms with E-state index in [1.54, 1.807) is 22.3 Å². The average molecular weight is 499 g/mol. The van der Waals surface area contributed by atoms with Crippen molar-refractivity contribution < 1.29 is 13.2 Å². The van der Waals surface area contributed by atoms with E-state index in [1.807, 2.05) is 30.3 Å². The summed E-state index contributed by atoms with van der Waals surface area (Å²) in [5.74, 6) is -0.204. The lowest BCUT2D eigenvalue weighted by Gasteiger charge is -2.33. The minimum Gasteiger partial charge on any atom is -0.338 e. The fraction of sp³-hybridized carbons (Fsp3) is 0.375. The summed E-state index contributed by atoms with van der Waals surface area (Å²) in [5.41, 5.74) is 1.75. The van der Waals surface area contributed by atoms with Gasteiger partial charge in [0.15, 0.2) is 0 Å². The zero-order chi connectivity index (χ0) is 23.7. The molecule has 1 fully saturated rings. The van der Waals surface area contributed by atoms with Crippen LogP contribution in [0.25, 0.3) is 16.3 Å². The molecule has 1 saturated heterocycles. The van der Waals surface area contributed by atoms with Crippen LogP contribution in [0.5, 0.6) is 0 Å². The highest BCUT2D eigenvalue weighted by Gasteiger charge is 2.28. The van der Waals surface area contributed by atoms with E-state index in [2.05, 4.69) is 4.98 Å². The van der Waals surface area contributed by atoms with Crippen LogP contribution in [-0.4, -0.2) is 59.3 Å². The van der Waals surface area contributed by atoms with Crippen molar-refractivity contribution in [1.82, 2.24) is 18.8 Å². The van der Waals surface area contributed by atoms with E-state index in [0.29, 0.717) is 5.39 Å². The summed E-state index contributed by atoms with van der Waals surface area (Å²) in [6.07, 6.45) is 7.11. The van der Waals surface area contributed by atoms with E-state index in [9.17, 15) is 18.0 Å². The number of fused-ring (bicyclic) bond motifs is 3. The molecule has 0 atom stereocenters. The summed E-state index contributed by atoms with van der Waals surface area (Å²) in [5, 5.41) is 1.87. The van der Waals surface area contributed by atoms with Gasteiger partial charge in [0, 0.05) is 36.5 Å². The third-order valence-electron chi connectivity index (χ3n) is 6.43. The topological polar surface area (TPSA) is 92.6 Å². The summed E-state index contributed by atoms with van der Waals surface area (Å²) in [6, 6.07) is 9.24. The Morgan fingerprint density at radius 1 is 1.06 bits per heavy atom. The van der Waals surface area contributed by atoms with Crippen LogP contribution in [0, 0.1) is 0 Å². The van der Waals surface area contributed by atoms with Gasteiger partial charge in [0.05, 0.1) is 11.7 Å². The molecule has 2 aliphatic rings. The predicted molar refractivity (Wildman–Crippen MR) is 133 cm³/mol. The Bertz CT molecular complexity index is 1400. The van der Waals surface area contributed by atoms with Crippen LogP contribution in [0.4, 0.5) is 0 Å². The molecule has 1 aliphatic heterocycles. The number of aryl methyl sites for hydroxylation is 2. The first-order chi connectivity index (χ1) is 16.4. The SMILES string of the molecule is O=C(Cn1cnc2sc3c(c2c1=O)CCCC3)N1CCN(S(=O)(=O)/C=C/c2ccccc2)CC1. The zero-order valence-electron chi connectivity index (χ0n) is 18.7. The number of hydrogen-bond donors (Lipinski definition) is 0. The van der Waals surface area contributed by atoms with Crippen LogP contribution in [0.3, 0.4) is 0 Å². The minimum atomic E-state index is -3.57. The fourth-order valence-electron chi connectivity index (χ4n) is 4.55. The first-order valence-corrected chi connectivity index (χ1v) is 13.7. The summed E-state index contributed by atoms with van der Waals surface area (Å²) in [7, 11) is -3.57. The second-order valence-electron chi connectivity index (χ2n) is 8.61. The Kier molecular flexibility index (Phi) is 6.37. The molecule has 178 valence electrons. The van der Waals surface area contributed by atoms with Crippen LogP contribution in [0.15, 0.2) is 46.9 Å². The lowest BCUT2D eigenvalue weighted by molar-refractivity contribution is -0.133. The molecule has 0 N–H and O–H groups in total. The van der Waals surface area contributed by atoms with Crippen molar-refractivity contribution in [2.45, 2.75) is 32.2 Å². The maximum absolute atomic E-state index is 13.1. The number of amides is 1. The standard InChI is InChI=1S/C24H26N4O4S2/c29-21(16-27-17-25-23-22(24(27)30)19-8-4-5-9-20(19)33-23)26-11-13-28(14-12-26)34(31,32)15-10-18-6-2-1-3-7-18/h1-3,6-7,10,15,17H,4-5,8-9,11-14,16H2/b15-10+. The molecule has 0 radical (unpaired) electrons. The van der Waals surface area contributed by atoms with Crippen molar-refractivity contribution in [2.75, 3.05) is 26.2 Å². The Morgan fingerprint density at radius 2 is 1.79 bits per heavy atom. The quantitative estimate of drug-likeness (QED) is 0.539. The van der Waals surface area contributed by atoms with Crippen molar-refractivity contribution in [1.29, 1.82) is 0 Å². The normalized spacial score (nSPS) is 17.4. The maximum Gasteiger partial charge on any atom is 0.262 e. The van der Waals surface area contributed by atoms with E-state index < -0.39 is 10.0 Å². The molecule has 0 saturated carbocycles. The van der Waals surface area contributed by atoms with Gasteiger partial charge in [0.25, 0.3) is 5.56 Å². The fourth-order valence-corrected chi connectivity index (χ4v) is 6.94. The number of rotatable bonds is 5. The average Bonchev–Trinajstić information content (AvgIpc) is 3.24. The van der Waals surface area contributed by atoms with Gasteiger partial charge in [-0.2, -0.15) is 4.31 Å². The number of nitrogens with zero attached hydrogens (tertiary/aromatic N) is 4. The first-order valence-electron chi connectivity index (χ1n) is 11.4. The molecule has 0 bridgehead atoms. The van der Waals surface area contributed by atoms with Gasteiger partial charge in [-0.3, -0.25) is 14.2 Å². The number of carbonyl (C=O) groups is 1. The van der Waals surface area contributed by atoms with Gasteiger partial charge in [-0.15, -0.1) is 11.3 Å². The second kappa shape index (κ2) is 9.44. The Balaban J connectivity index is 1.24. The van der Waals surface area contributed by atoms with Crippen LogP contribution in [0.1, 0.15) is 28.8 Å². The van der Waals surface area contributed by atoms with E-state index >= 15 is 0 Å². The molecule has 10 heteroatoms. The molecule has 34 heavy (non-hydrogen) atoms. The number of sulfonamides is 1. The van der Waals surface area contributed by atoms with Gasteiger partial charge in [-0.25, -0.2) is 13.4 Å². The van der Waals surface area contributed by atoms with Gasteiger partial charge >= 0.3 is 0 Å². The van der Waals surface area contributed by atoms with Gasteiger partial charge in [-0.05, 0) is 42.9 Å². The molecule has 3 aromatic rings. The van der Waals surface area contributed by atoms with Crippen molar-refractivity contribution >= 4 is 43.6 Å². The zero-order valence-corrected chi connectivity index (χ0v) is 20.4. The number of hydrogen-bond acceptors (Lipinski definition) is 6. The van der Waals surface area contributed by atoms with Crippen LogP contribution in [0.2, 0.25) is 0 Å². The van der Waals surface area contributed by atoms with Gasteiger partial charge in [0.2, 0.25) is 15.9 Å². The molecule has 8 nitrogen and oxygen atoms in total. The van der Waals surface area contributed by atoms with Crippen LogP contribution >= 0.6 is 11.3 Å². The summed E-state index contributed by atoms with van der Waals surface area (Å²) in [4.78, 5) is 34.1. The monoisotopic (exact) mass is 498 g/mol. The number of benzene rings is 1. The Morgan fingerprint density at radius 3 is 2.56 bits per heavy atom. The Hall–Kier alpha value is -2.82. The molecule has 1 amide bonds. The highest BCUT2D eigenvalue weighted by atomic mass is 32.2. The molecule has 0 spiro atoms. The van der Waals surface area contributed by atoms with Gasteiger partial charge < -0.3 is 4.90 Å². The summed E-state index contributed by atoms with van der Waals surface area (Å²) in [6.45, 7) is 0.924. The molecule has 1 aliphatic carbocycles. The highest BCUT2D eigenvalue weighted by molar-refractivity contribution is 7.92. The summed E-state index contributed by atoms with van der Waals surface area (Å²) < 4.78 is 28.1. The van der Waals surface area contributed by atoms with Crippen LogP contribution < -0.4 is 5.56 Å². The smallest absolute Gasteiger partial charge is 0.262 e. The number of thiophene rings is 1. The molecule has 0 unspecified atom stereocenters. The lowest BCUT2D eigenvalue weighted by Crippen LogP contribution is -2.51. The van der Waals surface area contributed by atoms with Crippen molar-refractivity contribution in [3.05, 3.63) is 68.4 Å². The third kappa shape index (κ3) is 4.57. The van der Waals surface area contributed by atoms with Crippen LogP contribution in [-0.2, 0) is 34.2 Å². The summed E-state index contributed by atoms with van der Waals surface area (Å²) >= 11 is 1.59. The number of piperazine rings is 1. The van der Waals surface area contributed by atoms with Crippen molar-refractivity contribution in [3.8, 4) is 0 Å². The molecule has 2 aromatic heterocycles.